The maximum atomic E-state index is 15.1. The molecule has 0 spiro atoms. The zero-order chi connectivity index (χ0) is 43.3. The number of benzene rings is 9. The van der Waals surface area contributed by atoms with Crippen LogP contribution in [0.15, 0.2) is 200 Å². The van der Waals surface area contributed by atoms with Crippen LogP contribution in [-0.2, 0) is 10.8 Å². The van der Waals surface area contributed by atoms with Crippen LogP contribution in [-0.4, -0.2) is 6.71 Å². The molecule has 9 aromatic carbocycles. The zero-order valence-electron chi connectivity index (χ0n) is 35.7. The molecule has 0 aromatic heterocycles. The van der Waals surface area contributed by atoms with E-state index in [1.54, 1.807) is 0 Å². The van der Waals surface area contributed by atoms with Crippen molar-refractivity contribution in [1.82, 2.24) is 0 Å². The van der Waals surface area contributed by atoms with Crippen molar-refractivity contribution < 1.29 is 13.5 Å². The van der Waals surface area contributed by atoms with Crippen molar-refractivity contribution >= 4 is 40.2 Å². The van der Waals surface area contributed by atoms with E-state index in [0.29, 0.717) is 16.9 Å². The summed E-state index contributed by atoms with van der Waals surface area (Å²) in [6.45, 7) is 6.46. The molecule has 0 N–H and O–H groups in total. The second-order valence-corrected chi connectivity index (χ2v) is 18.3. The summed E-state index contributed by atoms with van der Waals surface area (Å²) < 4.78 is 37.5. The van der Waals surface area contributed by atoms with Crippen molar-refractivity contribution in [3.8, 4) is 44.9 Å². The van der Waals surface area contributed by atoms with Gasteiger partial charge in [-0.15, -0.1) is 0 Å². The van der Waals surface area contributed by atoms with Crippen LogP contribution in [0.1, 0.15) is 48.6 Å². The van der Waals surface area contributed by atoms with Gasteiger partial charge in [0.05, 0.1) is 5.41 Å². The molecule has 0 unspecified atom stereocenters. The summed E-state index contributed by atoms with van der Waals surface area (Å²) in [6, 6.07) is 69.1. The van der Waals surface area contributed by atoms with Crippen LogP contribution in [0.25, 0.3) is 33.4 Å². The maximum Gasteiger partial charge on any atom is 0.257 e. The largest absolute Gasteiger partial charge is 0.458 e. The number of hydrogen-bond donors (Lipinski definition) is 0. The average molecular weight is 830 g/mol. The molecule has 5 heteroatoms. The lowest BCUT2D eigenvalue weighted by molar-refractivity contribution is 0.486. The predicted octanol–water partition coefficient (Wildman–Crippen LogP) is 13.4. The van der Waals surface area contributed by atoms with Gasteiger partial charge in [-0.3, -0.25) is 0 Å². The zero-order valence-corrected chi connectivity index (χ0v) is 35.7. The number of anilines is 3. The van der Waals surface area contributed by atoms with Crippen molar-refractivity contribution in [3.05, 3.63) is 240 Å². The second-order valence-electron chi connectivity index (χ2n) is 18.3. The van der Waals surface area contributed by atoms with E-state index >= 15 is 8.78 Å². The Morgan fingerprint density at radius 1 is 0.438 bits per heavy atom. The molecule has 64 heavy (non-hydrogen) atoms. The van der Waals surface area contributed by atoms with E-state index < -0.39 is 17.0 Å². The Hall–Kier alpha value is -7.50. The lowest BCUT2D eigenvalue weighted by Gasteiger charge is -2.50. The van der Waals surface area contributed by atoms with Gasteiger partial charge in [-0.2, -0.15) is 0 Å². The van der Waals surface area contributed by atoms with E-state index in [0.717, 1.165) is 78.7 Å². The normalized spacial score (nSPS) is 13.9. The molecule has 3 heterocycles. The van der Waals surface area contributed by atoms with E-state index in [4.69, 9.17) is 4.74 Å². The van der Waals surface area contributed by atoms with Gasteiger partial charge in [0, 0.05) is 23.1 Å². The molecule has 0 saturated carbocycles. The maximum absolute atomic E-state index is 15.1. The summed E-state index contributed by atoms with van der Waals surface area (Å²) in [7, 11) is 0. The van der Waals surface area contributed by atoms with Gasteiger partial charge in [-0.1, -0.05) is 154 Å². The van der Waals surface area contributed by atoms with Gasteiger partial charge in [0.1, 0.15) is 23.1 Å². The summed E-state index contributed by atoms with van der Waals surface area (Å²) >= 11 is 0. The van der Waals surface area contributed by atoms with Crippen LogP contribution < -0.4 is 26.0 Å². The van der Waals surface area contributed by atoms with Crippen LogP contribution in [0, 0.1) is 11.6 Å². The molecule has 0 saturated heterocycles. The first kappa shape index (κ1) is 38.2. The second kappa shape index (κ2) is 14.3. The van der Waals surface area contributed by atoms with Crippen LogP contribution in [0.5, 0.6) is 11.5 Å². The number of ether oxygens (including phenoxy) is 1. The quantitative estimate of drug-likeness (QED) is 0.155. The monoisotopic (exact) mass is 829 g/mol. The fourth-order valence-corrected chi connectivity index (χ4v) is 10.8. The molecule has 9 aromatic rings. The molecule has 0 fully saturated rings. The van der Waals surface area contributed by atoms with Crippen LogP contribution >= 0.6 is 0 Å². The molecule has 306 valence electrons. The Bertz CT molecular complexity index is 3230. The molecule has 0 radical (unpaired) electrons. The Balaban J connectivity index is 1.28. The first-order chi connectivity index (χ1) is 31.2. The van der Waals surface area contributed by atoms with E-state index in [1.807, 2.05) is 12.1 Å². The van der Waals surface area contributed by atoms with E-state index in [2.05, 4.69) is 196 Å². The molecule has 12 rings (SSSR count). The first-order valence-corrected chi connectivity index (χ1v) is 22.0. The SMILES string of the molecule is CC(C)(C)c1ccc(N2c3cc(-c4cc(F)cc(F)c4)cc4c3B3c5c(cc(-c6ccccc6)cc5C(c5ccccc5)(c5ccccc5)c5cc(-c6ccccc6)cc2c53)O4)cc1. The predicted molar refractivity (Wildman–Crippen MR) is 259 cm³/mol. The standard InChI is InChI=1S/C59H42BF2NO/c1-58(2,3)43-24-26-48(27-25-43)63-51-32-40(37-16-8-4-9-17-37)30-49-55(51)60-56-50(59(49,44-20-12-6-13-21-44)45-22-14-7-15-23-45)31-41(38-18-10-5-11-19-38)34-53(56)64-54-35-42(33-52(63)57(54)60)39-28-46(61)36-47(62)29-39/h4-36H,1-3H3. The average Bonchev–Trinajstić information content (AvgIpc) is 3.32. The highest BCUT2D eigenvalue weighted by Crippen LogP contribution is 2.54. The topological polar surface area (TPSA) is 12.5 Å². The third-order valence-electron chi connectivity index (χ3n) is 13.6. The minimum Gasteiger partial charge on any atom is -0.458 e. The lowest BCUT2D eigenvalue weighted by Crippen LogP contribution is -2.66. The van der Waals surface area contributed by atoms with Gasteiger partial charge in [0.15, 0.2) is 0 Å². The summed E-state index contributed by atoms with van der Waals surface area (Å²) in [6.07, 6.45) is 0. The molecular formula is C59H42BF2NO. The van der Waals surface area contributed by atoms with Gasteiger partial charge in [-0.25, -0.2) is 8.78 Å². The number of rotatable bonds is 6. The molecule has 0 bridgehead atoms. The van der Waals surface area contributed by atoms with Crippen molar-refractivity contribution in [1.29, 1.82) is 0 Å². The Kier molecular flexibility index (Phi) is 8.52. The fourth-order valence-electron chi connectivity index (χ4n) is 10.8. The summed E-state index contributed by atoms with van der Waals surface area (Å²) in [4.78, 5) is 2.37. The number of hydrogen-bond acceptors (Lipinski definition) is 2. The lowest BCUT2D eigenvalue weighted by atomic mass is 9.28. The van der Waals surface area contributed by atoms with E-state index in [1.165, 1.54) is 28.7 Å². The molecule has 0 aliphatic carbocycles. The highest BCUT2D eigenvalue weighted by Gasteiger charge is 2.55. The summed E-state index contributed by atoms with van der Waals surface area (Å²) in [5.41, 5.74) is 16.7. The van der Waals surface area contributed by atoms with Gasteiger partial charge < -0.3 is 9.64 Å². The van der Waals surface area contributed by atoms with Gasteiger partial charge >= 0.3 is 0 Å². The molecule has 3 aliphatic rings. The Morgan fingerprint density at radius 3 is 1.41 bits per heavy atom. The molecular weight excluding hydrogens is 787 g/mol. The van der Waals surface area contributed by atoms with Gasteiger partial charge in [-0.05, 0) is 144 Å². The van der Waals surface area contributed by atoms with Crippen molar-refractivity contribution in [3.63, 3.8) is 0 Å². The van der Waals surface area contributed by atoms with Gasteiger partial charge in [0.2, 0.25) is 0 Å². The smallest absolute Gasteiger partial charge is 0.257 e. The molecule has 0 amide bonds. The van der Waals surface area contributed by atoms with Crippen LogP contribution in [0.3, 0.4) is 0 Å². The fraction of sp³-hybridized carbons (Fsp3) is 0.0847. The minimum atomic E-state index is -0.790. The van der Waals surface area contributed by atoms with Crippen molar-refractivity contribution in [2.24, 2.45) is 0 Å². The van der Waals surface area contributed by atoms with E-state index in [9.17, 15) is 0 Å². The summed E-state index contributed by atoms with van der Waals surface area (Å²) in [5, 5.41) is 0. The first-order valence-electron chi connectivity index (χ1n) is 22.0. The Morgan fingerprint density at radius 2 is 0.875 bits per heavy atom. The number of halogens is 2. The third kappa shape index (κ3) is 5.77. The third-order valence-corrected chi connectivity index (χ3v) is 13.6. The van der Waals surface area contributed by atoms with E-state index in [-0.39, 0.29) is 12.1 Å². The van der Waals surface area contributed by atoms with Crippen LogP contribution in [0.4, 0.5) is 25.8 Å². The molecule has 0 atom stereocenters. The highest BCUT2D eigenvalue weighted by atomic mass is 19.1. The van der Waals surface area contributed by atoms with Crippen molar-refractivity contribution in [2.75, 3.05) is 4.90 Å². The molecule has 3 aliphatic heterocycles. The van der Waals surface area contributed by atoms with Crippen LogP contribution in [0.2, 0.25) is 0 Å². The highest BCUT2D eigenvalue weighted by molar-refractivity contribution is 7.00. The summed E-state index contributed by atoms with van der Waals surface area (Å²) in [5.74, 6) is 0.169. The molecule has 2 nitrogen and oxygen atoms in total. The van der Waals surface area contributed by atoms with Gasteiger partial charge in [0.25, 0.3) is 6.71 Å². The number of nitrogens with zero attached hydrogens (tertiary/aromatic N) is 1. The minimum absolute atomic E-state index is 0.0595. The Labute approximate surface area is 373 Å². The van der Waals surface area contributed by atoms with Crippen molar-refractivity contribution in [2.45, 2.75) is 31.6 Å².